The number of hydrogen-bond acceptors (Lipinski definition) is 2. The van der Waals surface area contributed by atoms with Gasteiger partial charge in [0.25, 0.3) is 0 Å². The normalized spacial score (nSPS) is 25.6. The number of amides is 1. The molecule has 17 heavy (non-hydrogen) atoms. The minimum Gasteiger partial charge on any atom is -0.356 e. The Bertz CT molecular complexity index is 256. The van der Waals surface area contributed by atoms with Crippen molar-refractivity contribution >= 4 is 5.91 Å². The first-order valence-electron chi connectivity index (χ1n) is 6.01. The Morgan fingerprint density at radius 2 is 1.94 bits per heavy atom. The zero-order chi connectivity index (χ0) is 12.9. The Kier molecular flexibility index (Phi) is 5.24. The van der Waals surface area contributed by atoms with Gasteiger partial charge in [0.05, 0.1) is 5.92 Å². The molecule has 1 saturated carbocycles. The van der Waals surface area contributed by atoms with Crippen molar-refractivity contribution in [3.63, 3.8) is 0 Å². The summed E-state index contributed by atoms with van der Waals surface area (Å²) in [5.74, 6) is -2.86. The summed E-state index contributed by atoms with van der Waals surface area (Å²) >= 11 is 0. The molecule has 1 aliphatic carbocycles. The lowest BCUT2D eigenvalue weighted by atomic mass is 9.78. The molecule has 0 saturated heterocycles. The predicted octanol–water partition coefficient (Wildman–Crippen LogP) is 1.82. The lowest BCUT2D eigenvalue weighted by Crippen LogP contribution is -2.43. The molecule has 3 N–H and O–H groups in total. The topological polar surface area (TPSA) is 55.1 Å². The minimum atomic E-state index is -4.27. The molecular formula is C11H19F3N2O. The summed E-state index contributed by atoms with van der Waals surface area (Å²) in [6, 6.07) is 0. The average molecular weight is 252 g/mol. The van der Waals surface area contributed by atoms with E-state index in [1.807, 2.05) is 0 Å². The van der Waals surface area contributed by atoms with Crippen LogP contribution in [0.25, 0.3) is 0 Å². The van der Waals surface area contributed by atoms with Crippen LogP contribution in [0.4, 0.5) is 13.2 Å². The molecule has 0 aromatic carbocycles. The van der Waals surface area contributed by atoms with E-state index in [-0.39, 0.29) is 6.42 Å². The van der Waals surface area contributed by atoms with Crippen molar-refractivity contribution in [3.05, 3.63) is 0 Å². The monoisotopic (exact) mass is 252 g/mol. The summed E-state index contributed by atoms with van der Waals surface area (Å²) in [6.45, 7) is 0.782. The first-order chi connectivity index (χ1) is 7.96. The van der Waals surface area contributed by atoms with Crippen LogP contribution in [-0.2, 0) is 4.79 Å². The van der Waals surface area contributed by atoms with E-state index >= 15 is 0 Å². The highest BCUT2D eigenvalue weighted by atomic mass is 19.4. The van der Waals surface area contributed by atoms with E-state index in [1.54, 1.807) is 0 Å². The zero-order valence-corrected chi connectivity index (χ0v) is 9.72. The van der Waals surface area contributed by atoms with Crippen LogP contribution in [0.1, 0.15) is 32.1 Å². The molecule has 1 fully saturated rings. The van der Waals surface area contributed by atoms with E-state index in [0.717, 1.165) is 0 Å². The summed E-state index contributed by atoms with van der Waals surface area (Å²) in [4.78, 5) is 11.7. The van der Waals surface area contributed by atoms with Crippen LogP contribution in [0.5, 0.6) is 0 Å². The van der Waals surface area contributed by atoms with Gasteiger partial charge in [0, 0.05) is 12.5 Å². The third kappa shape index (κ3) is 4.18. The number of halogens is 3. The number of carbonyl (C=O) groups is 1. The van der Waals surface area contributed by atoms with Crippen molar-refractivity contribution in [2.75, 3.05) is 13.1 Å². The standard InChI is InChI=1S/C11H19F3N2O/c12-11(13,14)9-5-2-1-4-8(9)10(17)16-7-3-6-15/h8-9H,1-7,15H2,(H,16,17). The van der Waals surface area contributed by atoms with Gasteiger partial charge in [0.1, 0.15) is 0 Å². The van der Waals surface area contributed by atoms with Crippen molar-refractivity contribution < 1.29 is 18.0 Å². The van der Waals surface area contributed by atoms with Crippen LogP contribution in [0.2, 0.25) is 0 Å². The second kappa shape index (κ2) is 6.23. The SMILES string of the molecule is NCCCNC(=O)C1CCCCC1C(F)(F)F. The summed E-state index contributed by atoms with van der Waals surface area (Å²) in [7, 11) is 0. The molecular weight excluding hydrogens is 233 g/mol. The number of hydrogen-bond donors (Lipinski definition) is 2. The molecule has 0 heterocycles. The van der Waals surface area contributed by atoms with Gasteiger partial charge in [0.2, 0.25) is 5.91 Å². The van der Waals surface area contributed by atoms with E-state index in [1.165, 1.54) is 0 Å². The third-order valence-electron chi connectivity index (χ3n) is 3.20. The maximum Gasteiger partial charge on any atom is 0.392 e. The lowest BCUT2D eigenvalue weighted by Gasteiger charge is -2.31. The highest BCUT2D eigenvalue weighted by molar-refractivity contribution is 5.79. The van der Waals surface area contributed by atoms with E-state index in [2.05, 4.69) is 5.32 Å². The number of rotatable bonds is 4. The van der Waals surface area contributed by atoms with Crippen LogP contribution in [0, 0.1) is 11.8 Å². The molecule has 0 spiro atoms. The van der Waals surface area contributed by atoms with Crippen LogP contribution in [-0.4, -0.2) is 25.2 Å². The molecule has 2 unspecified atom stereocenters. The number of carbonyl (C=O) groups excluding carboxylic acids is 1. The summed E-state index contributed by atoms with van der Waals surface area (Å²) < 4.78 is 38.2. The maximum absolute atomic E-state index is 12.7. The van der Waals surface area contributed by atoms with Crippen molar-refractivity contribution in [2.45, 2.75) is 38.3 Å². The number of nitrogens with one attached hydrogen (secondary N) is 1. The second-order valence-electron chi connectivity index (χ2n) is 4.47. The zero-order valence-electron chi connectivity index (χ0n) is 9.72. The molecule has 1 rings (SSSR count). The molecule has 2 atom stereocenters. The molecule has 6 heteroatoms. The van der Waals surface area contributed by atoms with Gasteiger partial charge in [-0.25, -0.2) is 0 Å². The number of nitrogens with two attached hydrogens (primary N) is 1. The smallest absolute Gasteiger partial charge is 0.356 e. The fourth-order valence-corrected chi connectivity index (χ4v) is 2.28. The molecule has 100 valence electrons. The fraction of sp³-hybridized carbons (Fsp3) is 0.909. The third-order valence-corrected chi connectivity index (χ3v) is 3.20. The Balaban J connectivity index is 2.55. The maximum atomic E-state index is 12.7. The first-order valence-corrected chi connectivity index (χ1v) is 6.01. The van der Waals surface area contributed by atoms with E-state index in [0.29, 0.717) is 38.8 Å². The van der Waals surface area contributed by atoms with Crippen LogP contribution in [0.3, 0.4) is 0 Å². The predicted molar refractivity (Wildman–Crippen MR) is 58.2 cm³/mol. The summed E-state index contributed by atoms with van der Waals surface area (Å²) in [5, 5.41) is 2.54. The Morgan fingerprint density at radius 1 is 1.29 bits per heavy atom. The molecule has 1 aliphatic rings. The van der Waals surface area contributed by atoms with Gasteiger partial charge < -0.3 is 11.1 Å². The van der Waals surface area contributed by atoms with Crippen molar-refractivity contribution in [1.29, 1.82) is 0 Å². The van der Waals surface area contributed by atoms with Gasteiger partial charge in [-0.3, -0.25) is 4.79 Å². The quantitative estimate of drug-likeness (QED) is 0.750. The van der Waals surface area contributed by atoms with Gasteiger partial charge >= 0.3 is 6.18 Å². The summed E-state index contributed by atoms with van der Waals surface area (Å²) in [6.07, 6.45) is -2.03. The lowest BCUT2D eigenvalue weighted by molar-refractivity contribution is -0.198. The molecule has 3 nitrogen and oxygen atoms in total. The van der Waals surface area contributed by atoms with Crippen LogP contribution >= 0.6 is 0 Å². The highest BCUT2D eigenvalue weighted by Gasteiger charge is 2.47. The number of alkyl halides is 3. The molecule has 0 aromatic rings. The second-order valence-corrected chi connectivity index (χ2v) is 4.47. The molecule has 1 amide bonds. The van der Waals surface area contributed by atoms with E-state index in [4.69, 9.17) is 5.73 Å². The van der Waals surface area contributed by atoms with E-state index < -0.39 is 23.9 Å². The van der Waals surface area contributed by atoms with Gasteiger partial charge in [-0.15, -0.1) is 0 Å². The largest absolute Gasteiger partial charge is 0.392 e. The average Bonchev–Trinajstić information content (AvgIpc) is 2.28. The van der Waals surface area contributed by atoms with Crippen LogP contribution in [0.15, 0.2) is 0 Å². The molecule has 0 bridgehead atoms. The summed E-state index contributed by atoms with van der Waals surface area (Å²) in [5.41, 5.74) is 5.26. The minimum absolute atomic E-state index is 0.0679. The van der Waals surface area contributed by atoms with Crippen molar-refractivity contribution in [1.82, 2.24) is 5.32 Å². The Hall–Kier alpha value is -0.780. The van der Waals surface area contributed by atoms with Gasteiger partial charge in [-0.1, -0.05) is 12.8 Å². The van der Waals surface area contributed by atoms with Crippen molar-refractivity contribution in [3.8, 4) is 0 Å². The van der Waals surface area contributed by atoms with Gasteiger partial charge in [-0.2, -0.15) is 13.2 Å². The first kappa shape index (κ1) is 14.3. The van der Waals surface area contributed by atoms with E-state index in [9.17, 15) is 18.0 Å². The van der Waals surface area contributed by atoms with Crippen molar-refractivity contribution in [2.24, 2.45) is 17.6 Å². The Labute approximate surface area is 98.9 Å². The molecule has 0 radical (unpaired) electrons. The molecule has 0 aromatic heterocycles. The van der Waals surface area contributed by atoms with Gasteiger partial charge in [-0.05, 0) is 25.8 Å². The van der Waals surface area contributed by atoms with Crippen LogP contribution < -0.4 is 11.1 Å². The van der Waals surface area contributed by atoms with Gasteiger partial charge in [0.15, 0.2) is 0 Å². The molecule has 0 aliphatic heterocycles. The Morgan fingerprint density at radius 3 is 2.53 bits per heavy atom. The fourth-order valence-electron chi connectivity index (χ4n) is 2.28. The highest BCUT2D eigenvalue weighted by Crippen LogP contribution is 2.41.